The van der Waals surface area contributed by atoms with Crippen LogP contribution in [0, 0.1) is 13.8 Å². The zero-order valence-corrected chi connectivity index (χ0v) is 14.9. The van der Waals surface area contributed by atoms with Gasteiger partial charge in [0.25, 0.3) is 0 Å². The third-order valence-corrected chi connectivity index (χ3v) is 4.04. The van der Waals surface area contributed by atoms with E-state index in [2.05, 4.69) is 5.32 Å². The van der Waals surface area contributed by atoms with E-state index in [0.717, 1.165) is 11.1 Å². The number of benzene rings is 2. The minimum Gasteiger partial charge on any atom is -0.325 e. The Morgan fingerprint density at radius 2 is 1.68 bits per heavy atom. The molecule has 25 heavy (non-hydrogen) atoms. The molecule has 0 radical (unpaired) electrons. The molecule has 2 aromatic carbocycles. The van der Waals surface area contributed by atoms with Gasteiger partial charge in [0.2, 0.25) is 11.8 Å². The highest BCUT2D eigenvalue weighted by Crippen LogP contribution is 2.19. The lowest BCUT2D eigenvalue weighted by Crippen LogP contribution is -2.36. The van der Waals surface area contributed by atoms with Gasteiger partial charge in [-0.3, -0.25) is 14.4 Å². The molecule has 2 aromatic rings. The number of rotatable bonds is 5. The summed E-state index contributed by atoms with van der Waals surface area (Å²) in [6, 6.07) is 12.4. The Bertz CT molecular complexity index is 827. The molecule has 5 nitrogen and oxygen atoms in total. The largest absolute Gasteiger partial charge is 0.325 e. The monoisotopic (exact) mass is 338 g/mol. The van der Waals surface area contributed by atoms with Gasteiger partial charge in [-0.2, -0.15) is 0 Å². The molecule has 5 heteroatoms. The summed E-state index contributed by atoms with van der Waals surface area (Å²) in [6.07, 6.45) is 0. The summed E-state index contributed by atoms with van der Waals surface area (Å²) < 4.78 is 0. The van der Waals surface area contributed by atoms with Crippen molar-refractivity contribution in [3.8, 4) is 0 Å². The fourth-order valence-electron chi connectivity index (χ4n) is 2.44. The van der Waals surface area contributed by atoms with Gasteiger partial charge in [-0.25, -0.2) is 0 Å². The maximum atomic E-state index is 12.3. The van der Waals surface area contributed by atoms with Crippen LogP contribution in [0.1, 0.15) is 35.3 Å². The molecule has 0 saturated heterocycles. The number of amides is 2. The van der Waals surface area contributed by atoms with Crippen molar-refractivity contribution >= 4 is 29.0 Å². The zero-order chi connectivity index (χ0) is 18.6. The Balaban J connectivity index is 2.15. The minimum atomic E-state index is -0.325. The molecular formula is C20H22N2O3. The maximum absolute atomic E-state index is 12.3. The molecule has 1 N–H and O–H groups in total. The normalized spacial score (nSPS) is 10.2. The maximum Gasteiger partial charge on any atom is 0.244 e. The summed E-state index contributed by atoms with van der Waals surface area (Å²) in [5, 5.41) is 2.73. The zero-order valence-electron chi connectivity index (χ0n) is 14.9. The molecule has 0 bridgehead atoms. The van der Waals surface area contributed by atoms with Gasteiger partial charge in [-0.05, 0) is 56.2 Å². The van der Waals surface area contributed by atoms with Gasteiger partial charge in [0, 0.05) is 23.9 Å². The second kappa shape index (κ2) is 7.75. The van der Waals surface area contributed by atoms with Crippen molar-refractivity contribution in [3.63, 3.8) is 0 Å². The van der Waals surface area contributed by atoms with Gasteiger partial charge in [-0.1, -0.05) is 18.2 Å². The fraction of sp³-hybridized carbons (Fsp3) is 0.250. The quantitative estimate of drug-likeness (QED) is 0.849. The van der Waals surface area contributed by atoms with Crippen LogP contribution < -0.4 is 10.2 Å². The van der Waals surface area contributed by atoms with Crippen molar-refractivity contribution in [1.82, 2.24) is 0 Å². The first-order valence-electron chi connectivity index (χ1n) is 8.04. The molecule has 130 valence electrons. The van der Waals surface area contributed by atoms with E-state index in [1.54, 1.807) is 24.3 Å². The molecular weight excluding hydrogens is 316 g/mol. The third-order valence-electron chi connectivity index (χ3n) is 4.04. The summed E-state index contributed by atoms with van der Waals surface area (Å²) in [5.41, 5.74) is 3.91. The van der Waals surface area contributed by atoms with Gasteiger partial charge in [0.15, 0.2) is 5.78 Å². The number of anilines is 2. The van der Waals surface area contributed by atoms with E-state index >= 15 is 0 Å². The molecule has 0 heterocycles. The standard InChI is InChI=1S/C20H22N2O3/c1-13-8-9-19(10-14(13)2)22(16(4)24)12-20(25)21-18-7-5-6-17(11-18)15(3)23/h5-11H,12H2,1-4H3,(H,21,25). The molecule has 0 unspecified atom stereocenters. The molecule has 0 atom stereocenters. The molecule has 2 amide bonds. The number of carbonyl (C=O) groups excluding carboxylic acids is 3. The van der Waals surface area contributed by atoms with Crippen LogP contribution in [0.15, 0.2) is 42.5 Å². The highest BCUT2D eigenvalue weighted by atomic mass is 16.2. The molecule has 0 aliphatic carbocycles. The van der Waals surface area contributed by atoms with Gasteiger partial charge < -0.3 is 10.2 Å². The van der Waals surface area contributed by atoms with E-state index in [9.17, 15) is 14.4 Å². The van der Waals surface area contributed by atoms with Crippen LogP contribution in [0.25, 0.3) is 0 Å². The highest BCUT2D eigenvalue weighted by Gasteiger charge is 2.16. The number of nitrogens with zero attached hydrogens (tertiary/aromatic N) is 1. The summed E-state index contributed by atoms with van der Waals surface area (Å²) in [7, 11) is 0. The number of aryl methyl sites for hydroxylation is 2. The highest BCUT2D eigenvalue weighted by molar-refractivity contribution is 6.02. The second-order valence-electron chi connectivity index (χ2n) is 6.06. The van der Waals surface area contributed by atoms with E-state index < -0.39 is 0 Å². The third kappa shape index (κ3) is 4.76. The van der Waals surface area contributed by atoms with Crippen LogP contribution in [0.5, 0.6) is 0 Å². The first kappa shape index (κ1) is 18.4. The summed E-state index contributed by atoms with van der Waals surface area (Å²) >= 11 is 0. The van der Waals surface area contributed by atoms with Crippen molar-refractivity contribution < 1.29 is 14.4 Å². The lowest BCUT2D eigenvalue weighted by molar-refractivity contribution is -0.120. The van der Waals surface area contributed by atoms with Gasteiger partial charge in [0.1, 0.15) is 6.54 Å². The molecule has 2 rings (SSSR count). The number of hydrogen-bond donors (Lipinski definition) is 1. The van der Waals surface area contributed by atoms with Gasteiger partial charge in [0.05, 0.1) is 0 Å². The Hall–Kier alpha value is -2.95. The number of hydrogen-bond acceptors (Lipinski definition) is 3. The number of carbonyl (C=O) groups is 3. The second-order valence-corrected chi connectivity index (χ2v) is 6.06. The van der Waals surface area contributed by atoms with Crippen LogP contribution in [0.3, 0.4) is 0 Å². The van der Waals surface area contributed by atoms with Crippen LogP contribution >= 0.6 is 0 Å². The Labute approximate surface area is 147 Å². The molecule has 0 aliphatic heterocycles. The first-order valence-corrected chi connectivity index (χ1v) is 8.04. The molecule has 0 spiro atoms. The summed E-state index contributed by atoms with van der Waals surface area (Å²) in [5.74, 6) is -0.610. The number of Topliss-reactive ketones (excluding diaryl/α,β-unsaturated/α-hetero) is 1. The predicted molar refractivity (Wildman–Crippen MR) is 99.0 cm³/mol. The molecule has 0 aliphatic rings. The number of nitrogens with one attached hydrogen (secondary N) is 1. The Morgan fingerprint density at radius 1 is 0.960 bits per heavy atom. The van der Waals surface area contributed by atoms with Gasteiger partial charge >= 0.3 is 0 Å². The van der Waals surface area contributed by atoms with Gasteiger partial charge in [-0.15, -0.1) is 0 Å². The van der Waals surface area contributed by atoms with Crippen LogP contribution in [0.4, 0.5) is 11.4 Å². The molecule has 0 saturated carbocycles. The van der Waals surface area contributed by atoms with E-state index in [0.29, 0.717) is 16.9 Å². The Kier molecular flexibility index (Phi) is 5.70. The fourth-order valence-corrected chi connectivity index (χ4v) is 2.44. The van der Waals surface area contributed by atoms with Crippen molar-refractivity contribution in [2.45, 2.75) is 27.7 Å². The van der Waals surface area contributed by atoms with Crippen LogP contribution in [-0.2, 0) is 9.59 Å². The average Bonchev–Trinajstić information content (AvgIpc) is 2.55. The smallest absolute Gasteiger partial charge is 0.244 e. The van der Waals surface area contributed by atoms with E-state index in [1.165, 1.54) is 18.7 Å². The van der Waals surface area contributed by atoms with Crippen molar-refractivity contribution in [1.29, 1.82) is 0 Å². The topological polar surface area (TPSA) is 66.5 Å². The molecule has 0 aromatic heterocycles. The lowest BCUT2D eigenvalue weighted by Gasteiger charge is -2.21. The Morgan fingerprint density at radius 3 is 2.28 bits per heavy atom. The van der Waals surface area contributed by atoms with Crippen molar-refractivity contribution in [3.05, 3.63) is 59.2 Å². The van der Waals surface area contributed by atoms with Crippen LogP contribution in [0.2, 0.25) is 0 Å². The average molecular weight is 338 g/mol. The van der Waals surface area contributed by atoms with E-state index in [4.69, 9.17) is 0 Å². The molecule has 0 fully saturated rings. The van der Waals surface area contributed by atoms with Crippen molar-refractivity contribution in [2.24, 2.45) is 0 Å². The lowest BCUT2D eigenvalue weighted by atomic mass is 10.1. The number of ketones is 1. The first-order chi connectivity index (χ1) is 11.8. The van der Waals surface area contributed by atoms with E-state index in [-0.39, 0.29) is 24.1 Å². The summed E-state index contributed by atoms with van der Waals surface area (Å²) in [6.45, 7) is 6.76. The predicted octanol–water partition coefficient (Wildman–Crippen LogP) is 3.50. The van der Waals surface area contributed by atoms with Crippen molar-refractivity contribution in [2.75, 3.05) is 16.8 Å². The van der Waals surface area contributed by atoms with E-state index in [1.807, 2.05) is 32.0 Å². The SMILES string of the molecule is CC(=O)c1cccc(NC(=O)CN(C(C)=O)c2ccc(C)c(C)c2)c1. The summed E-state index contributed by atoms with van der Waals surface area (Å²) in [4.78, 5) is 37.2. The van der Waals surface area contributed by atoms with Crippen LogP contribution in [-0.4, -0.2) is 24.1 Å². The minimum absolute atomic E-state index is 0.0726.